The molecule has 2 rings (SSSR count). The molecule has 1 N–H and O–H groups in total. The van der Waals surface area contributed by atoms with Crippen LogP contribution in [0.15, 0.2) is 0 Å². The van der Waals surface area contributed by atoms with Gasteiger partial charge in [0.05, 0.1) is 7.11 Å². The van der Waals surface area contributed by atoms with E-state index >= 15 is 0 Å². The second-order valence-electron chi connectivity index (χ2n) is 5.25. The number of aromatic nitrogens is 3. The topological polar surface area (TPSA) is 66.4 Å². The third-order valence-electron chi connectivity index (χ3n) is 3.99. The largest absolute Gasteiger partial charge is 0.467 e. The normalized spacial score (nSPS) is 16.8. The number of hydrogen-bond donors (Lipinski definition) is 1. The molecular formula is C14H26N6O. The molecule has 0 aromatic carbocycles. The monoisotopic (exact) mass is 294 g/mol. The highest BCUT2D eigenvalue weighted by Crippen LogP contribution is 2.21. The number of rotatable bonds is 6. The molecule has 0 bridgehead atoms. The van der Waals surface area contributed by atoms with Gasteiger partial charge in [0.1, 0.15) is 0 Å². The fraction of sp³-hybridized carbons (Fsp3) is 0.786. The molecule has 0 spiro atoms. The van der Waals surface area contributed by atoms with Crippen LogP contribution in [0.3, 0.4) is 0 Å². The van der Waals surface area contributed by atoms with Crippen LogP contribution in [-0.4, -0.2) is 66.2 Å². The smallest absolute Gasteiger partial charge is 0.322 e. The fourth-order valence-electron chi connectivity index (χ4n) is 2.62. The molecule has 7 nitrogen and oxygen atoms in total. The summed E-state index contributed by atoms with van der Waals surface area (Å²) in [6.07, 6.45) is 2.27. The average molecular weight is 294 g/mol. The maximum Gasteiger partial charge on any atom is 0.322 e. The van der Waals surface area contributed by atoms with Gasteiger partial charge in [0.15, 0.2) is 0 Å². The van der Waals surface area contributed by atoms with Crippen molar-refractivity contribution in [3.05, 3.63) is 0 Å². The van der Waals surface area contributed by atoms with Gasteiger partial charge in [-0.2, -0.15) is 15.0 Å². The van der Waals surface area contributed by atoms with Gasteiger partial charge in [0, 0.05) is 32.7 Å². The van der Waals surface area contributed by atoms with Gasteiger partial charge < -0.3 is 19.9 Å². The molecule has 1 aromatic heterocycles. The molecule has 0 saturated carbocycles. The Morgan fingerprint density at radius 2 is 1.95 bits per heavy atom. The lowest BCUT2D eigenvalue weighted by Gasteiger charge is -2.36. The van der Waals surface area contributed by atoms with Crippen LogP contribution in [0.5, 0.6) is 6.01 Å². The van der Waals surface area contributed by atoms with Crippen LogP contribution in [0.2, 0.25) is 0 Å². The van der Waals surface area contributed by atoms with Crippen molar-refractivity contribution in [2.45, 2.75) is 32.7 Å². The van der Waals surface area contributed by atoms with Crippen molar-refractivity contribution in [3.63, 3.8) is 0 Å². The molecular weight excluding hydrogens is 268 g/mol. The van der Waals surface area contributed by atoms with E-state index in [1.54, 1.807) is 7.11 Å². The number of likely N-dealkylation sites (tertiary alicyclic amines) is 1. The average Bonchev–Trinajstić information content (AvgIpc) is 2.54. The molecule has 118 valence electrons. The van der Waals surface area contributed by atoms with Crippen LogP contribution >= 0.6 is 0 Å². The number of nitrogens with zero attached hydrogens (tertiary/aromatic N) is 5. The van der Waals surface area contributed by atoms with Gasteiger partial charge in [-0.1, -0.05) is 6.92 Å². The van der Waals surface area contributed by atoms with E-state index in [4.69, 9.17) is 4.74 Å². The van der Waals surface area contributed by atoms with Gasteiger partial charge in [0.25, 0.3) is 0 Å². The SMILES string of the molecule is CCNc1nc(OC)nc(N(C)C2CCN(CC)CC2)n1. The van der Waals surface area contributed by atoms with E-state index in [1.807, 2.05) is 6.92 Å². The van der Waals surface area contributed by atoms with Gasteiger partial charge in [-0.05, 0) is 26.3 Å². The van der Waals surface area contributed by atoms with Crippen molar-refractivity contribution < 1.29 is 4.74 Å². The Morgan fingerprint density at radius 3 is 2.52 bits per heavy atom. The molecule has 1 saturated heterocycles. The van der Waals surface area contributed by atoms with Crippen molar-refractivity contribution in [3.8, 4) is 6.01 Å². The van der Waals surface area contributed by atoms with Crippen LogP contribution in [0.1, 0.15) is 26.7 Å². The highest BCUT2D eigenvalue weighted by Gasteiger charge is 2.24. The molecule has 1 aliphatic heterocycles. The Hall–Kier alpha value is -1.63. The second kappa shape index (κ2) is 7.40. The molecule has 1 fully saturated rings. The molecule has 7 heteroatoms. The molecule has 0 aliphatic carbocycles. The summed E-state index contributed by atoms with van der Waals surface area (Å²) in [4.78, 5) is 17.7. The van der Waals surface area contributed by atoms with E-state index in [2.05, 4.69) is 44.0 Å². The van der Waals surface area contributed by atoms with Gasteiger partial charge in [-0.3, -0.25) is 0 Å². The first-order chi connectivity index (χ1) is 10.2. The quantitative estimate of drug-likeness (QED) is 0.846. The van der Waals surface area contributed by atoms with E-state index in [0.29, 0.717) is 23.9 Å². The van der Waals surface area contributed by atoms with E-state index in [0.717, 1.165) is 39.0 Å². The lowest BCUT2D eigenvalue weighted by atomic mass is 10.0. The van der Waals surface area contributed by atoms with Gasteiger partial charge in [0.2, 0.25) is 11.9 Å². The number of nitrogens with one attached hydrogen (secondary N) is 1. The minimum atomic E-state index is 0.355. The number of ether oxygens (including phenoxy) is 1. The lowest BCUT2D eigenvalue weighted by Crippen LogP contribution is -2.44. The predicted molar refractivity (Wildman–Crippen MR) is 84.1 cm³/mol. The zero-order chi connectivity index (χ0) is 15.2. The molecule has 2 heterocycles. The summed E-state index contributed by atoms with van der Waals surface area (Å²) in [5.74, 6) is 1.24. The van der Waals surface area contributed by atoms with Crippen LogP contribution in [-0.2, 0) is 0 Å². The summed E-state index contributed by atoms with van der Waals surface area (Å²) in [6.45, 7) is 8.39. The molecule has 0 amide bonds. The summed E-state index contributed by atoms with van der Waals surface area (Å²) in [5.41, 5.74) is 0. The molecule has 0 unspecified atom stereocenters. The summed E-state index contributed by atoms with van der Waals surface area (Å²) < 4.78 is 5.18. The number of anilines is 2. The van der Waals surface area contributed by atoms with Crippen LogP contribution in [0.25, 0.3) is 0 Å². The molecule has 0 radical (unpaired) electrons. The van der Waals surface area contributed by atoms with Crippen molar-refractivity contribution >= 4 is 11.9 Å². The molecule has 1 aromatic rings. The Bertz CT molecular complexity index is 447. The molecule has 0 atom stereocenters. The van der Waals surface area contributed by atoms with Crippen molar-refractivity contribution in [2.75, 3.05) is 50.6 Å². The number of methoxy groups -OCH3 is 1. The van der Waals surface area contributed by atoms with Crippen molar-refractivity contribution in [1.29, 1.82) is 0 Å². The van der Waals surface area contributed by atoms with E-state index in [1.165, 1.54) is 0 Å². The van der Waals surface area contributed by atoms with Gasteiger partial charge >= 0.3 is 6.01 Å². The predicted octanol–water partition coefficient (Wildman–Crippen LogP) is 1.23. The Balaban J connectivity index is 2.10. The first-order valence-corrected chi connectivity index (χ1v) is 7.67. The highest BCUT2D eigenvalue weighted by atomic mass is 16.5. The number of hydrogen-bond acceptors (Lipinski definition) is 7. The summed E-state index contributed by atoms with van der Waals surface area (Å²) in [5, 5.41) is 3.12. The zero-order valence-electron chi connectivity index (χ0n) is 13.5. The second-order valence-corrected chi connectivity index (χ2v) is 5.25. The van der Waals surface area contributed by atoms with Gasteiger partial charge in [-0.15, -0.1) is 0 Å². The van der Waals surface area contributed by atoms with Crippen molar-refractivity contribution in [1.82, 2.24) is 19.9 Å². The van der Waals surface area contributed by atoms with E-state index in [-0.39, 0.29) is 0 Å². The van der Waals surface area contributed by atoms with Gasteiger partial charge in [-0.25, -0.2) is 0 Å². The third-order valence-corrected chi connectivity index (χ3v) is 3.99. The summed E-state index contributed by atoms with van der Waals surface area (Å²) in [6, 6.07) is 0.822. The number of piperidine rings is 1. The highest BCUT2D eigenvalue weighted by molar-refractivity contribution is 5.38. The first-order valence-electron chi connectivity index (χ1n) is 7.67. The van der Waals surface area contributed by atoms with Crippen LogP contribution < -0.4 is 15.0 Å². The summed E-state index contributed by atoms with van der Waals surface area (Å²) >= 11 is 0. The van der Waals surface area contributed by atoms with E-state index < -0.39 is 0 Å². The third kappa shape index (κ3) is 3.93. The Morgan fingerprint density at radius 1 is 1.24 bits per heavy atom. The minimum Gasteiger partial charge on any atom is -0.467 e. The zero-order valence-corrected chi connectivity index (χ0v) is 13.5. The van der Waals surface area contributed by atoms with Crippen LogP contribution in [0, 0.1) is 0 Å². The minimum absolute atomic E-state index is 0.355. The maximum atomic E-state index is 5.18. The first kappa shape index (κ1) is 15.8. The van der Waals surface area contributed by atoms with Crippen molar-refractivity contribution in [2.24, 2.45) is 0 Å². The maximum absolute atomic E-state index is 5.18. The molecule has 1 aliphatic rings. The Labute approximate surface area is 126 Å². The lowest BCUT2D eigenvalue weighted by molar-refractivity contribution is 0.220. The van der Waals surface area contributed by atoms with E-state index in [9.17, 15) is 0 Å². The molecule has 21 heavy (non-hydrogen) atoms. The summed E-state index contributed by atoms with van der Waals surface area (Å²) in [7, 11) is 3.63. The fourth-order valence-corrected chi connectivity index (χ4v) is 2.62. The van der Waals surface area contributed by atoms with Crippen LogP contribution in [0.4, 0.5) is 11.9 Å². The Kier molecular flexibility index (Phi) is 5.55. The standard InChI is InChI=1S/C14H26N6O/c1-5-15-12-16-13(18-14(17-12)21-4)19(3)11-7-9-20(6-2)10-8-11/h11H,5-10H2,1-4H3,(H,15,16,17,18).